The van der Waals surface area contributed by atoms with Gasteiger partial charge in [-0.3, -0.25) is 4.98 Å². The monoisotopic (exact) mass is 138 g/mol. The number of hydrogen-bond acceptors (Lipinski definition) is 3. The number of nitrogens with zero attached hydrogens (tertiary/aromatic N) is 1. The van der Waals surface area contributed by atoms with E-state index in [1.807, 2.05) is 12.1 Å². The summed E-state index contributed by atoms with van der Waals surface area (Å²) in [6.07, 6.45) is 3.37. The first-order valence-electron chi connectivity index (χ1n) is 3.16. The zero-order chi connectivity index (χ0) is 7.23. The number of hydrogen-bond donors (Lipinski definition) is 1. The normalized spacial score (nSPS) is 9.30. The van der Waals surface area contributed by atoms with Crippen LogP contribution in [0.3, 0.4) is 0 Å². The van der Waals surface area contributed by atoms with Crippen LogP contribution in [0.25, 0.3) is 0 Å². The third kappa shape index (κ3) is 2.03. The molecule has 1 rings (SSSR count). The molecule has 0 saturated heterocycles. The van der Waals surface area contributed by atoms with E-state index < -0.39 is 0 Å². The number of nitrogens with two attached hydrogens (primary N) is 1. The number of ether oxygens (including phenoxy) is 1. The van der Waals surface area contributed by atoms with Gasteiger partial charge in [0.15, 0.2) is 0 Å². The molecule has 0 aliphatic rings. The Hall–Kier alpha value is -1.09. The number of aromatic nitrogens is 1. The van der Waals surface area contributed by atoms with Crippen molar-refractivity contribution in [3.05, 3.63) is 24.5 Å². The second-order valence-corrected chi connectivity index (χ2v) is 1.83. The summed E-state index contributed by atoms with van der Waals surface area (Å²) >= 11 is 0. The van der Waals surface area contributed by atoms with Gasteiger partial charge in [0.25, 0.3) is 0 Å². The van der Waals surface area contributed by atoms with Crippen LogP contribution >= 0.6 is 0 Å². The average Bonchev–Trinajstić information content (AvgIpc) is 2.03. The first-order valence-corrected chi connectivity index (χ1v) is 3.16. The number of rotatable bonds is 3. The van der Waals surface area contributed by atoms with Crippen molar-refractivity contribution < 1.29 is 4.74 Å². The predicted molar refractivity (Wildman–Crippen MR) is 38.8 cm³/mol. The quantitative estimate of drug-likeness (QED) is 0.658. The van der Waals surface area contributed by atoms with Crippen LogP contribution in [-0.2, 0) is 0 Å². The van der Waals surface area contributed by atoms with Gasteiger partial charge in [-0.05, 0) is 12.1 Å². The van der Waals surface area contributed by atoms with Crippen LogP contribution < -0.4 is 10.5 Å². The molecule has 1 aromatic heterocycles. The summed E-state index contributed by atoms with van der Waals surface area (Å²) in [5.74, 6) is 0.771. The van der Waals surface area contributed by atoms with E-state index in [2.05, 4.69) is 4.98 Å². The van der Waals surface area contributed by atoms with Gasteiger partial charge in [-0.15, -0.1) is 0 Å². The molecule has 3 nitrogen and oxygen atoms in total. The fourth-order valence-electron chi connectivity index (χ4n) is 0.609. The van der Waals surface area contributed by atoms with Crippen molar-refractivity contribution in [3.63, 3.8) is 0 Å². The Kier molecular flexibility index (Phi) is 2.70. The number of pyridine rings is 1. The van der Waals surface area contributed by atoms with Crippen molar-refractivity contribution in [3.8, 4) is 5.75 Å². The van der Waals surface area contributed by atoms with Crippen LogP contribution in [0.15, 0.2) is 24.5 Å². The van der Waals surface area contributed by atoms with Crippen molar-refractivity contribution in [1.29, 1.82) is 0 Å². The fraction of sp³-hybridized carbons (Fsp3) is 0.286. The van der Waals surface area contributed by atoms with Crippen molar-refractivity contribution in [1.82, 2.24) is 4.98 Å². The topological polar surface area (TPSA) is 48.1 Å². The molecule has 0 aliphatic heterocycles. The van der Waals surface area contributed by atoms with E-state index in [9.17, 15) is 0 Å². The zero-order valence-corrected chi connectivity index (χ0v) is 5.66. The van der Waals surface area contributed by atoms with Crippen LogP contribution in [0.2, 0.25) is 0 Å². The Labute approximate surface area is 59.8 Å². The van der Waals surface area contributed by atoms with Gasteiger partial charge in [-0.2, -0.15) is 0 Å². The lowest BCUT2D eigenvalue weighted by Gasteiger charge is -2.01. The Morgan fingerprint density at radius 1 is 1.60 bits per heavy atom. The smallest absolute Gasteiger partial charge is 0.137 e. The van der Waals surface area contributed by atoms with Gasteiger partial charge in [-0.1, -0.05) is 0 Å². The summed E-state index contributed by atoms with van der Waals surface area (Å²) in [4.78, 5) is 3.87. The molecule has 0 bridgehead atoms. The van der Waals surface area contributed by atoms with Crippen molar-refractivity contribution in [2.45, 2.75) is 0 Å². The SMILES string of the molecule is NCCOc1cccnc1. The van der Waals surface area contributed by atoms with E-state index in [0.717, 1.165) is 5.75 Å². The Morgan fingerprint density at radius 2 is 2.50 bits per heavy atom. The second kappa shape index (κ2) is 3.85. The van der Waals surface area contributed by atoms with Crippen molar-refractivity contribution in [2.75, 3.05) is 13.2 Å². The molecule has 0 aromatic carbocycles. The molecule has 0 saturated carbocycles. The van der Waals surface area contributed by atoms with Crippen LogP contribution in [0.4, 0.5) is 0 Å². The summed E-state index contributed by atoms with van der Waals surface area (Å²) in [5, 5.41) is 0. The van der Waals surface area contributed by atoms with Crippen molar-refractivity contribution in [2.24, 2.45) is 5.73 Å². The largest absolute Gasteiger partial charge is 0.491 e. The molecular formula is C7H10N2O. The lowest BCUT2D eigenvalue weighted by molar-refractivity contribution is 0.327. The summed E-state index contributed by atoms with van der Waals surface area (Å²) < 4.78 is 5.17. The standard InChI is InChI=1S/C7H10N2O/c8-3-5-10-7-2-1-4-9-6-7/h1-2,4,6H,3,5,8H2. The molecule has 0 spiro atoms. The van der Waals surface area contributed by atoms with E-state index in [1.165, 1.54) is 0 Å². The molecule has 0 atom stereocenters. The summed E-state index contributed by atoms with van der Waals surface area (Å²) in [7, 11) is 0. The Morgan fingerprint density at radius 3 is 3.10 bits per heavy atom. The maximum Gasteiger partial charge on any atom is 0.137 e. The molecular weight excluding hydrogens is 128 g/mol. The summed E-state index contributed by atoms with van der Waals surface area (Å²) in [6.45, 7) is 1.08. The molecule has 0 unspecified atom stereocenters. The van der Waals surface area contributed by atoms with Gasteiger partial charge < -0.3 is 10.5 Å². The maximum absolute atomic E-state index is 5.23. The third-order valence-corrected chi connectivity index (χ3v) is 1.02. The first kappa shape index (κ1) is 7.02. The summed E-state index contributed by atoms with van der Waals surface area (Å²) in [6, 6.07) is 3.68. The summed E-state index contributed by atoms with van der Waals surface area (Å²) in [5.41, 5.74) is 5.23. The molecule has 0 amide bonds. The lowest BCUT2D eigenvalue weighted by Crippen LogP contribution is -2.10. The van der Waals surface area contributed by atoms with Gasteiger partial charge in [-0.25, -0.2) is 0 Å². The van der Waals surface area contributed by atoms with E-state index in [-0.39, 0.29) is 0 Å². The molecule has 3 heteroatoms. The van der Waals surface area contributed by atoms with Gasteiger partial charge in [0, 0.05) is 12.7 Å². The highest BCUT2D eigenvalue weighted by molar-refractivity contribution is 5.15. The van der Waals surface area contributed by atoms with E-state index in [0.29, 0.717) is 13.2 Å². The van der Waals surface area contributed by atoms with Crippen LogP contribution in [0.1, 0.15) is 0 Å². The van der Waals surface area contributed by atoms with Gasteiger partial charge in [0.05, 0.1) is 6.20 Å². The van der Waals surface area contributed by atoms with Gasteiger partial charge in [0.2, 0.25) is 0 Å². The second-order valence-electron chi connectivity index (χ2n) is 1.83. The molecule has 54 valence electrons. The maximum atomic E-state index is 5.23. The fourth-order valence-corrected chi connectivity index (χ4v) is 0.609. The molecule has 1 aromatic rings. The highest BCUT2D eigenvalue weighted by Crippen LogP contribution is 2.04. The van der Waals surface area contributed by atoms with Gasteiger partial charge >= 0.3 is 0 Å². The minimum Gasteiger partial charge on any atom is -0.491 e. The van der Waals surface area contributed by atoms with Crippen LogP contribution in [0.5, 0.6) is 5.75 Å². The molecule has 0 aliphatic carbocycles. The van der Waals surface area contributed by atoms with E-state index >= 15 is 0 Å². The highest BCUT2D eigenvalue weighted by Gasteiger charge is 1.87. The molecule has 0 radical (unpaired) electrons. The van der Waals surface area contributed by atoms with E-state index in [1.54, 1.807) is 12.4 Å². The Bertz CT molecular complexity index is 176. The molecule has 0 fully saturated rings. The predicted octanol–water partition coefficient (Wildman–Crippen LogP) is 0.419. The third-order valence-electron chi connectivity index (χ3n) is 1.02. The first-order chi connectivity index (χ1) is 4.93. The highest BCUT2D eigenvalue weighted by atomic mass is 16.5. The minimum absolute atomic E-state index is 0.537. The van der Waals surface area contributed by atoms with Crippen LogP contribution in [0, 0.1) is 0 Å². The lowest BCUT2D eigenvalue weighted by atomic mass is 10.5. The zero-order valence-electron chi connectivity index (χ0n) is 5.66. The van der Waals surface area contributed by atoms with Gasteiger partial charge in [0.1, 0.15) is 12.4 Å². The van der Waals surface area contributed by atoms with Crippen molar-refractivity contribution >= 4 is 0 Å². The Balaban J connectivity index is 2.43. The minimum atomic E-state index is 0.537. The molecule has 1 heterocycles. The molecule has 10 heavy (non-hydrogen) atoms. The molecule has 2 N–H and O–H groups in total. The van der Waals surface area contributed by atoms with Crippen LogP contribution in [-0.4, -0.2) is 18.1 Å². The van der Waals surface area contributed by atoms with E-state index in [4.69, 9.17) is 10.5 Å². The average molecular weight is 138 g/mol.